The molecule has 0 unspecified atom stereocenters. The Hall–Kier alpha value is -1.85. The van der Waals surface area contributed by atoms with Crippen LogP contribution in [-0.2, 0) is 9.47 Å². The van der Waals surface area contributed by atoms with E-state index in [2.05, 4.69) is 0 Å². The van der Waals surface area contributed by atoms with Crippen LogP contribution < -0.4 is 0 Å². The van der Waals surface area contributed by atoms with Crippen LogP contribution in [0.4, 0.5) is 0 Å². The lowest BCUT2D eigenvalue weighted by Crippen LogP contribution is -2.59. The molecular weight excluding hydrogens is 270 g/mol. The summed E-state index contributed by atoms with van der Waals surface area (Å²) in [6.07, 6.45) is 0.818. The molecule has 1 aromatic carbocycles. The number of hydrogen-bond donors (Lipinski definition) is 0. The quantitative estimate of drug-likeness (QED) is 0.805. The molecule has 0 N–H and O–H groups in total. The van der Waals surface area contributed by atoms with Gasteiger partial charge in [0, 0.05) is 18.5 Å². The van der Waals surface area contributed by atoms with Gasteiger partial charge in [-0.2, -0.15) is 0 Å². The highest BCUT2D eigenvalue weighted by molar-refractivity contribution is 5.96. The van der Waals surface area contributed by atoms with E-state index in [1.54, 1.807) is 0 Å². The Morgan fingerprint density at radius 1 is 1.14 bits per heavy atom. The number of nitrogens with zero attached hydrogens (tertiary/aromatic N) is 1. The zero-order valence-corrected chi connectivity index (χ0v) is 11.7. The van der Waals surface area contributed by atoms with Crippen molar-refractivity contribution in [3.05, 3.63) is 36.1 Å². The minimum Gasteiger partial charge on any atom is -0.451 e. The van der Waals surface area contributed by atoms with E-state index in [-0.39, 0.29) is 11.4 Å². The summed E-state index contributed by atoms with van der Waals surface area (Å²) in [5.74, 6) is 0.323. The molecule has 2 aliphatic heterocycles. The first kappa shape index (κ1) is 12.9. The van der Waals surface area contributed by atoms with Gasteiger partial charge in [0.25, 0.3) is 5.91 Å². The average Bonchev–Trinajstić information content (AvgIpc) is 3.14. The van der Waals surface area contributed by atoms with Crippen LogP contribution in [-0.4, -0.2) is 49.3 Å². The summed E-state index contributed by atoms with van der Waals surface area (Å²) >= 11 is 0. The smallest absolute Gasteiger partial charge is 0.290 e. The molecule has 1 amide bonds. The number of carbonyl (C=O) groups is 1. The zero-order chi connectivity index (χ0) is 14.3. The monoisotopic (exact) mass is 287 g/mol. The second-order valence-corrected chi connectivity index (χ2v) is 5.68. The summed E-state index contributed by atoms with van der Waals surface area (Å²) < 4.78 is 16.8. The summed E-state index contributed by atoms with van der Waals surface area (Å²) in [7, 11) is 0. The fourth-order valence-corrected chi connectivity index (χ4v) is 3.19. The molecule has 1 aromatic heterocycles. The second kappa shape index (κ2) is 4.86. The normalized spacial score (nSPS) is 25.8. The van der Waals surface area contributed by atoms with Gasteiger partial charge in [0.05, 0.1) is 25.4 Å². The molecule has 110 valence electrons. The Balaban J connectivity index is 1.69. The van der Waals surface area contributed by atoms with Gasteiger partial charge in [0.2, 0.25) is 0 Å². The Morgan fingerprint density at radius 2 is 1.95 bits per heavy atom. The fraction of sp³-hybridized carbons (Fsp3) is 0.438. The topological polar surface area (TPSA) is 51.9 Å². The first-order valence-electron chi connectivity index (χ1n) is 7.25. The van der Waals surface area contributed by atoms with Gasteiger partial charge in [-0.3, -0.25) is 4.79 Å². The molecule has 2 aromatic rings. The summed E-state index contributed by atoms with van der Waals surface area (Å²) in [6.45, 7) is 2.90. The first-order chi connectivity index (χ1) is 10.3. The van der Waals surface area contributed by atoms with Crippen LogP contribution in [0, 0.1) is 0 Å². The van der Waals surface area contributed by atoms with E-state index in [1.807, 2.05) is 35.2 Å². The predicted octanol–water partition coefficient (Wildman–Crippen LogP) is 2.06. The molecule has 1 atom stereocenters. The van der Waals surface area contributed by atoms with Gasteiger partial charge in [-0.05, 0) is 18.6 Å². The van der Waals surface area contributed by atoms with E-state index in [0.717, 1.165) is 17.4 Å². The third-order valence-electron chi connectivity index (χ3n) is 4.37. The van der Waals surface area contributed by atoms with Crippen molar-refractivity contribution in [2.75, 3.05) is 33.0 Å². The average molecular weight is 287 g/mol. The molecule has 0 bridgehead atoms. The van der Waals surface area contributed by atoms with E-state index in [1.165, 1.54) is 0 Å². The Morgan fingerprint density at radius 3 is 2.76 bits per heavy atom. The number of ether oxygens (including phenoxy) is 2. The maximum atomic E-state index is 12.9. The maximum Gasteiger partial charge on any atom is 0.290 e. The molecule has 1 spiro atoms. The molecule has 5 heteroatoms. The highest BCUT2D eigenvalue weighted by atomic mass is 16.5. The standard InChI is InChI=1S/C16H17NO4/c18-15(14-9-12-3-1-2-4-13(12)21-14)17-6-8-20-11-16(17)5-7-19-10-16/h1-4,9H,5-8,10-11H2/t16-/m1/s1. The molecule has 2 saturated heterocycles. The highest BCUT2D eigenvalue weighted by Gasteiger charge is 2.46. The van der Waals surface area contributed by atoms with Gasteiger partial charge in [-0.15, -0.1) is 0 Å². The number of amides is 1. The van der Waals surface area contributed by atoms with Crippen LogP contribution >= 0.6 is 0 Å². The zero-order valence-electron chi connectivity index (χ0n) is 11.7. The van der Waals surface area contributed by atoms with Gasteiger partial charge < -0.3 is 18.8 Å². The molecular formula is C16H17NO4. The molecule has 3 heterocycles. The van der Waals surface area contributed by atoms with E-state index >= 15 is 0 Å². The van der Waals surface area contributed by atoms with Crippen LogP contribution in [0.25, 0.3) is 11.0 Å². The molecule has 0 aliphatic carbocycles. The van der Waals surface area contributed by atoms with E-state index < -0.39 is 0 Å². The number of benzene rings is 1. The largest absolute Gasteiger partial charge is 0.451 e. The molecule has 21 heavy (non-hydrogen) atoms. The highest BCUT2D eigenvalue weighted by Crippen LogP contribution is 2.31. The Bertz CT molecular complexity index is 639. The van der Waals surface area contributed by atoms with Crippen LogP contribution in [0.2, 0.25) is 0 Å². The summed E-state index contributed by atoms with van der Waals surface area (Å²) in [5, 5.41) is 0.950. The summed E-state index contributed by atoms with van der Waals surface area (Å²) in [6, 6.07) is 9.48. The number of hydrogen-bond acceptors (Lipinski definition) is 4. The third kappa shape index (κ3) is 2.04. The van der Waals surface area contributed by atoms with Gasteiger partial charge in [-0.1, -0.05) is 18.2 Å². The Kier molecular flexibility index (Phi) is 2.97. The predicted molar refractivity (Wildman–Crippen MR) is 76.2 cm³/mol. The molecule has 0 saturated carbocycles. The van der Waals surface area contributed by atoms with Crippen LogP contribution in [0.1, 0.15) is 17.0 Å². The maximum absolute atomic E-state index is 12.9. The van der Waals surface area contributed by atoms with Gasteiger partial charge in [-0.25, -0.2) is 0 Å². The second-order valence-electron chi connectivity index (χ2n) is 5.68. The molecule has 4 rings (SSSR count). The molecule has 2 aliphatic rings. The van der Waals surface area contributed by atoms with Gasteiger partial charge >= 0.3 is 0 Å². The molecule has 5 nitrogen and oxygen atoms in total. The van der Waals surface area contributed by atoms with Crippen molar-refractivity contribution in [1.82, 2.24) is 4.90 Å². The van der Waals surface area contributed by atoms with Crippen molar-refractivity contribution in [2.24, 2.45) is 0 Å². The van der Waals surface area contributed by atoms with Crippen molar-refractivity contribution in [2.45, 2.75) is 12.0 Å². The minimum atomic E-state index is -0.325. The van der Waals surface area contributed by atoms with Crippen molar-refractivity contribution in [3.63, 3.8) is 0 Å². The van der Waals surface area contributed by atoms with Crippen molar-refractivity contribution in [1.29, 1.82) is 0 Å². The van der Waals surface area contributed by atoms with Crippen molar-refractivity contribution in [3.8, 4) is 0 Å². The number of furan rings is 1. The number of morpholine rings is 1. The summed E-state index contributed by atoms with van der Waals surface area (Å²) in [4.78, 5) is 14.7. The van der Waals surface area contributed by atoms with E-state index in [9.17, 15) is 4.79 Å². The SMILES string of the molecule is O=C(c1cc2ccccc2o1)N1CCOC[C@]12CCOC2. The van der Waals surface area contributed by atoms with Gasteiger partial charge in [0.15, 0.2) is 5.76 Å². The number of fused-ring (bicyclic) bond motifs is 1. The third-order valence-corrected chi connectivity index (χ3v) is 4.37. The van der Waals surface area contributed by atoms with Gasteiger partial charge in [0.1, 0.15) is 5.58 Å². The molecule has 0 radical (unpaired) electrons. The first-order valence-corrected chi connectivity index (χ1v) is 7.25. The lowest BCUT2D eigenvalue weighted by molar-refractivity contribution is -0.0560. The van der Waals surface area contributed by atoms with Crippen molar-refractivity contribution >= 4 is 16.9 Å². The minimum absolute atomic E-state index is 0.0694. The van der Waals surface area contributed by atoms with Crippen LogP contribution in [0.3, 0.4) is 0 Å². The van der Waals surface area contributed by atoms with E-state index in [4.69, 9.17) is 13.9 Å². The number of carbonyl (C=O) groups excluding carboxylic acids is 1. The fourth-order valence-electron chi connectivity index (χ4n) is 3.19. The molecule has 2 fully saturated rings. The lowest BCUT2D eigenvalue weighted by Gasteiger charge is -2.43. The van der Waals surface area contributed by atoms with Crippen LogP contribution in [0.15, 0.2) is 34.7 Å². The number of para-hydroxylation sites is 1. The number of rotatable bonds is 1. The van der Waals surface area contributed by atoms with E-state index in [0.29, 0.717) is 38.7 Å². The Labute approximate surface area is 122 Å². The summed E-state index contributed by atoms with van der Waals surface area (Å²) in [5.41, 5.74) is 0.416. The van der Waals surface area contributed by atoms with Crippen LogP contribution in [0.5, 0.6) is 0 Å². The lowest BCUT2D eigenvalue weighted by atomic mass is 9.95. The van der Waals surface area contributed by atoms with Crippen molar-refractivity contribution < 1.29 is 18.7 Å².